The molecule has 22 heavy (non-hydrogen) atoms. The highest BCUT2D eigenvalue weighted by molar-refractivity contribution is 6.01. The second kappa shape index (κ2) is 6.37. The lowest BCUT2D eigenvalue weighted by molar-refractivity contribution is -0.384. The number of nitrogens with one attached hydrogen (secondary N) is 1. The third-order valence-electron chi connectivity index (χ3n) is 2.87. The summed E-state index contributed by atoms with van der Waals surface area (Å²) < 4.78 is 5.52. The molecule has 0 fully saturated rings. The molecular weight excluding hydrogens is 286 g/mol. The molecule has 0 aliphatic carbocycles. The molecule has 0 saturated carbocycles. The maximum absolute atomic E-state index is 11.4. The van der Waals surface area contributed by atoms with Crippen molar-refractivity contribution in [1.29, 1.82) is 5.26 Å². The zero-order valence-corrected chi connectivity index (χ0v) is 11.6. The summed E-state index contributed by atoms with van der Waals surface area (Å²) in [5.74, 6) is 0.319. The number of rotatable bonds is 4. The molecule has 7 heteroatoms. The normalized spacial score (nSPS) is 10.8. The summed E-state index contributed by atoms with van der Waals surface area (Å²) in [6.07, 6.45) is 1.33. The lowest BCUT2D eigenvalue weighted by atomic mass is 10.1. The summed E-state index contributed by atoms with van der Waals surface area (Å²) >= 11 is 0. The van der Waals surface area contributed by atoms with Crippen LogP contribution in [0.4, 0.5) is 5.69 Å². The number of hydrogen-bond donors (Lipinski definition) is 1. The molecule has 7 nitrogen and oxygen atoms in total. The Kier molecular flexibility index (Phi) is 4.34. The fourth-order valence-corrected chi connectivity index (χ4v) is 1.76. The lowest BCUT2D eigenvalue weighted by Gasteiger charge is -1.97. The van der Waals surface area contributed by atoms with E-state index in [1.165, 1.54) is 25.3 Å². The van der Waals surface area contributed by atoms with Crippen molar-refractivity contribution in [2.75, 3.05) is 7.05 Å². The average molecular weight is 297 g/mol. The zero-order chi connectivity index (χ0) is 16.1. The van der Waals surface area contributed by atoms with Crippen molar-refractivity contribution in [3.05, 3.63) is 57.8 Å². The number of amides is 1. The van der Waals surface area contributed by atoms with Gasteiger partial charge in [0, 0.05) is 30.8 Å². The molecule has 0 spiro atoms. The maximum Gasteiger partial charge on any atom is 0.269 e. The fourth-order valence-electron chi connectivity index (χ4n) is 1.76. The lowest BCUT2D eigenvalue weighted by Crippen LogP contribution is -2.18. The SMILES string of the molecule is CNC(=O)/C(C#N)=C/c1ccc(-c2ccc([N+](=O)[O-])cc2)o1. The summed E-state index contributed by atoms with van der Waals surface area (Å²) in [5.41, 5.74) is 0.567. The largest absolute Gasteiger partial charge is 0.457 e. The first-order valence-electron chi connectivity index (χ1n) is 6.23. The number of furan rings is 1. The average Bonchev–Trinajstić information content (AvgIpc) is 3.00. The van der Waals surface area contributed by atoms with Gasteiger partial charge in [-0.2, -0.15) is 5.26 Å². The van der Waals surface area contributed by atoms with Gasteiger partial charge in [-0.15, -0.1) is 0 Å². The Labute approximate surface area is 125 Å². The molecule has 0 radical (unpaired) electrons. The second-order valence-electron chi connectivity index (χ2n) is 4.25. The highest BCUT2D eigenvalue weighted by Crippen LogP contribution is 2.25. The summed E-state index contributed by atoms with van der Waals surface area (Å²) in [5, 5.41) is 21.9. The molecule has 0 saturated heterocycles. The molecule has 110 valence electrons. The fraction of sp³-hybridized carbons (Fsp3) is 0.0667. The molecule has 1 amide bonds. The van der Waals surface area contributed by atoms with Crippen LogP contribution >= 0.6 is 0 Å². The number of nitrogens with zero attached hydrogens (tertiary/aromatic N) is 2. The van der Waals surface area contributed by atoms with Crippen molar-refractivity contribution in [2.24, 2.45) is 0 Å². The van der Waals surface area contributed by atoms with Gasteiger partial charge in [-0.25, -0.2) is 0 Å². The van der Waals surface area contributed by atoms with E-state index in [0.717, 1.165) is 0 Å². The van der Waals surface area contributed by atoms with Crippen LogP contribution in [0, 0.1) is 21.4 Å². The Morgan fingerprint density at radius 3 is 2.55 bits per heavy atom. The van der Waals surface area contributed by atoms with E-state index >= 15 is 0 Å². The maximum atomic E-state index is 11.4. The Bertz CT molecular complexity index is 782. The van der Waals surface area contributed by atoms with Crippen molar-refractivity contribution in [2.45, 2.75) is 0 Å². The quantitative estimate of drug-likeness (QED) is 0.403. The van der Waals surface area contributed by atoms with Crippen molar-refractivity contribution >= 4 is 17.7 Å². The van der Waals surface area contributed by atoms with Gasteiger partial charge in [-0.05, 0) is 24.3 Å². The number of nitro benzene ring substituents is 1. The number of carbonyl (C=O) groups is 1. The number of benzene rings is 1. The molecule has 0 atom stereocenters. The van der Waals surface area contributed by atoms with Crippen molar-refractivity contribution in [1.82, 2.24) is 5.32 Å². The first-order valence-corrected chi connectivity index (χ1v) is 6.23. The van der Waals surface area contributed by atoms with E-state index in [9.17, 15) is 14.9 Å². The predicted octanol–water partition coefficient (Wildman–Crippen LogP) is 2.51. The molecule has 1 aromatic heterocycles. The predicted molar refractivity (Wildman–Crippen MR) is 78.5 cm³/mol. The Balaban J connectivity index is 2.28. The number of nitriles is 1. The van der Waals surface area contributed by atoms with Gasteiger partial charge >= 0.3 is 0 Å². The van der Waals surface area contributed by atoms with Gasteiger partial charge in [0.1, 0.15) is 23.2 Å². The highest BCUT2D eigenvalue weighted by atomic mass is 16.6. The van der Waals surface area contributed by atoms with Crippen LogP contribution < -0.4 is 5.32 Å². The number of likely N-dealkylation sites (N-methyl/N-ethyl adjacent to an activating group) is 1. The smallest absolute Gasteiger partial charge is 0.269 e. The molecule has 2 rings (SSSR count). The highest BCUT2D eigenvalue weighted by Gasteiger charge is 2.10. The molecule has 1 N–H and O–H groups in total. The minimum atomic E-state index is -0.504. The number of nitro groups is 1. The van der Waals surface area contributed by atoms with Gasteiger partial charge < -0.3 is 9.73 Å². The van der Waals surface area contributed by atoms with E-state index in [4.69, 9.17) is 9.68 Å². The monoisotopic (exact) mass is 297 g/mol. The second-order valence-corrected chi connectivity index (χ2v) is 4.25. The summed E-state index contributed by atoms with van der Waals surface area (Å²) in [4.78, 5) is 21.5. The van der Waals surface area contributed by atoms with Gasteiger partial charge in [-0.3, -0.25) is 14.9 Å². The molecule has 0 unspecified atom stereocenters. The molecule has 0 bridgehead atoms. The Morgan fingerprint density at radius 2 is 2.00 bits per heavy atom. The van der Waals surface area contributed by atoms with Crippen molar-refractivity contribution in [3.8, 4) is 17.4 Å². The van der Waals surface area contributed by atoms with Crippen LogP contribution in [0.5, 0.6) is 0 Å². The van der Waals surface area contributed by atoms with Gasteiger partial charge in [0.2, 0.25) is 0 Å². The van der Waals surface area contributed by atoms with Gasteiger partial charge in [0.25, 0.3) is 11.6 Å². The minimum Gasteiger partial charge on any atom is -0.457 e. The van der Waals surface area contributed by atoms with E-state index in [0.29, 0.717) is 17.1 Å². The van der Waals surface area contributed by atoms with Crippen LogP contribution in [0.15, 0.2) is 46.4 Å². The Hall–Kier alpha value is -3.40. The van der Waals surface area contributed by atoms with Crippen LogP contribution in [0.3, 0.4) is 0 Å². The molecule has 2 aromatic rings. The minimum absolute atomic E-state index is 0.0122. The van der Waals surface area contributed by atoms with E-state index < -0.39 is 10.8 Å². The molecule has 1 aromatic carbocycles. The van der Waals surface area contributed by atoms with Crippen molar-refractivity contribution in [3.63, 3.8) is 0 Å². The molecule has 0 aliphatic rings. The number of hydrogen-bond acceptors (Lipinski definition) is 5. The molecule has 1 heterocycles. The van der Waals surface area contributed by atoms with Crippen LogP contribution in [0.25, 0.3) is 17.4 Å². The third kappa shape index (κ3) is 3.19. The Morgan fingerprint density at radius 1 is 1.32 bits per heavy atom. The topological polar surface area (TPSA) is 109 Å². The summed E-state index contributed by atoms with van der Waals surface area (Å²) in [7, 11) is 1.43. The van der Waals surface area contributed by atoms with Crippen molar-refractivity contribution < 1.29 is 14.1 Å². The van der Waals surface area contributed by atoms with Gasteiger partial charge in [0.05, 0.1) is 4.92 Å². The standard InChI is InChI=1S/C15H11N3O4/c1-17-15(19)11(9-16)8-13-6-7-14(22-13)10-2-4-12(5-3-10)18(20)21/h2-8H,1H3,(H,17,19)/b11-8+. The third-order valence-corrected chi connectivity index (χ3v) is 2.87. The van der Waals surface area contributed by atoms with E-state index in [2.05, 4.69) is 5.32 Å². The molecular formula is C15H11N3O4. The van der Waals surface area contributed by atoms with E-state index in [1.807, 2.05) is 0 Å². The van der Waals surface area contributed by atoms with Crippen LogP contribution in [0.2, 0.25) is 0 Å². The van der Waals surface area contributed by atoms with E-state index in [1.54, 1.807) is 30.3 Å². The van der Waals surface area contributed by atoms with Gasteiger partial charge in [0.15, 0.2) is 0 Å². The van der Waals surface area contributed by atoms with Crippen LogP contribution in [-0.2, 0) is 4.79 Å². The van der Waals surface area contributed by atoms with Gasteiger partial charge in [-0.1, -0.05) is 0 Å². The van der Waals surface area contributed by atoms with Crippen LogP contribution in [0.1, 0.15) is 5.76 Å². The summed E-state index contributed by atoms with van der Waals surface area (Å²) in [6.45, 7) is 0. The number of carbonyl (C=O) groups excluding carboxylic acids is 1. The zero-order valence-electron chi connectivity index (χ0n) is 11.6. The van der Waals surface area contributed by atoms with Crippen LogP contribution in [-0.4, -0.2) is 17.9 Å². The van der Waals surface area contributed by atoms with E-state index in [-0.39, 0.29) is 11.3 Å². The summed E-state index contributed by atoms with van der Waals surface area (Å²) in [6, 6.07) is 10.9. The first kappa shape index (κ1) is 15.0. The number of non-ortho nitro benzene ring substituents is 1. The molecule has 0 aliphatic heterocycles. The first-order chi connectivity index (χ1) is 10.5.